The molecule has 5 rings (SSSR count). The van der Waals surface area contributed by atoms with Gasteiger partial charge in [0.15, 0.2) is 5.42 Å². The van der Waals surface area contributed by atoms with Crippen LogP contribution in [0.15, 0.2) is 59.3 Å². The van der Waals surface area contributed by atoms with Crippen LogP contribution in [-0.4, -0.2) is 11.4 Å². The summed E-state index contributed by atoms with van der Waals surface area (Å²) < 4.78 is 10.8. The van der Waals surface area contributed by atoms with Crippen molar-refractivity contribution in [3.8, 4) is 5.69 Å². The summed E-state index contributed by atoms with van der Waals surface area (Å²) in [6, 6.07) is 15.0. The summed E-state index contributed by atoms with van der Waals surface area (Å²) in [6.07, 6.45) is 6.50. The van der Waals surface area contributed by atoms with Gasteiger partial charge in [-0.25, -0.2) is 9.13 Å². The van der Waals surface area contributed by atoms with Gasteiger partial charge in [-0.15, -0.1) is 0 Å². The van der Waals surface area contributed by atoms with E-state index in [0.717, 1.165) is 16.9 Å². The summed E-state index contributed by atoms with van der Waals surface area (Å²) >= 11 is 0. The van der Waals surface area contributed by atoms with Gasteiger partial charge in [0.2, 0.25) is 0 Å². The molecule has 0 fully saturated rings. The second kappa shape index (κ2) is 7.73. The molecule has 0 amide bonds. The number of aryl methyl sites for hydroxylation is 1. The minimum atomic E-state index is 0.192. The van der Waals surface area contributed by atoms with E-state index in [-0.39, 0.29) is 6.85 Å². The Morgan fingerprint density at radius 1 is 0.938 bits per heavy atom. The number of benzene rings is 2. The maximum Gasteiger partial charge on any atom is 0.367 e. The molecule has 0 bridgehead atoms. The van der Waals surface area contributed by atoms with Crippen molar-refractivity contribution in [3.63, 3.8) is 0 Å². The van der Waals surface area contributed by atoms with Crippen LogP contribution in [0.25, 0.3) is 28.8 Å². The third-order valence-corrected chi connectivity index (χ3v) is 6.55. The van der Waals surface area contributed by atoms with Gasteiger partial charge >= 0.3 is 12.8 Å². The van der Waals surface area contributed by atoms with Crippen LogP contribution >= 0.6 is 0 Å². The van der Waals surface area contributed by atoms with Gasteiger partial charge in [-0.05, 0) is 35.9 Å². The molecule has 5 heteroatoms. The van der Waals surface area contributed by atoms with Crippen LogP contribution in [0.3, 0.4) is 0 Å². The third kappa shape index (κ3) is 3.19. The third-order valence-electron chi connectivity index (χ3n) is 6.55. The Hall–Kier alpha value is -3.21. The van der Waals surface area contributed by atoms with Gasteiger partial charge in [-0.2, -0.15) is 0 Å². The molecule has 1 aliphatic heterocycles. The lowest BCUT2D eigenvalue weighted by Crippen LogP contribution is -2.47. The second-order valence-electron chi connectivity index (χ2n) is 9.49. The Balaban J connectivity index is 1.75. The zero-order chi connectivity index (χ0) is 22.6. The minimum absolute atomic E-state index is 0.192. The predicted molar refractivity (Wildman–Crippen MR) is 134 cm³/mol. The van der Waals surface area contributed by atoms with Gasteiger partial charge in [0, 0.05) is 10.6 Å². The number of hydrogen-bond donors (Lipinski definition) is 0. The largest absolute Gasteiger partial charge is 0.453 e. The first-order valence-electron chi connectivity index (χ1n) is 11.6. The highest BCUT2D eigenvalue weighted by atomic mass is 16.3. The molecule has 0 spiro atoms. The van der Waals surface area contributed by atoms with Crippen molar-refractivity contribution in [3.05, 3.63) is 76.6 Å². The van der Waals surface area contributed by atoms with Gasteiger partial charge in [0.1, 0.15) is 17.5 Å². The molecule has 0 unspecified atom stereocenters. The first kappa shape index (κ1) is 20.7. The summed E-state index contributed by atoms with van der Waals surface area (Å²) in [5, 5.41) is 2.37. The van der Waals surface area contributed by atoms with Crippen molar-refractivity contribution in [1.82, 2.24) is 4.57 Å². The zero-order valence-electron chi connectivity index (χ0n) is 19.8. The smallest absolute Gasteiger partial charge is 0.367 e. The standard InChI is InChI=1S/C27H31BN3O/c1-18(2)20-11-9-12-21(19(3)4)26(20)30-15-14-29(6)27(30)31-17-25-23(16-28(31)5)22-10-7-8-13-24(22)32-25/h7-19H,1-6H3/q+1. The Labute approximate surface area is 190 Å². The fourth-order valence-electron chi connectivity index (χ4n) is 4.90. The maximum atomic E-state index is 6.23. The first-order valence-corrected chi connectivity index (χ1v) is 11.6. The van der Waals surface area contributed by atoms with E-state index >= 15 is 0 Å². The lowest BCUT2D eigenvalue weighted by molar-refractivity contribution is -0.656. The zero-order valence-corrected chi connectivity index (χ0v) is 19.8. The van der Waals surface area contributed by atoms with Crippen LogP contribution in [0.5, 0.6) is 0 Å². The molecule has 4 aromatic rings. The summed E-state index contributed by atoms with van der Waals surface area (Å²) in [4.78, 5) is 2.33. The molecule has 1 aliphatic rings. The molecule has 2 aromatic carbocycles. The number of aromatic nitrogens is 2. The lowest BCUT2D eigenvalue weighted by atomic mass is 9.62. The number of imidazole rings is 1. The van der Waals surface area contributed by atoms with E-state index in [0.29, 0.717) is 11.8 Å². The quantitative estimate of drug-likeness (QED) is 0.356. The molecular formula is C27H31BN3O+. The van der Waals surface area contributed by atoms with Crippen molar-refractivity contribution in [2.24, 2.45) is 7.05 Å². The van der Waals surface area contributed by atoms with Crippen molar-refractivity contribution in [1.29, 1.82) is 0 Å². The van der Waals surface area contributed by atoms with Gasteiger partial charge in [-0.1, -0.05) is 70.1 Å². The Morgan fingerprint density at radius 2 is 1.62 bits per heavy atom. The van der Waals surface area contributed by atoms with Gasteiger partial charge in [0.05, 0.1) is 19.4 Å². The van der Waals surface area contributed by atoms with Crippen LogP contribution < -0.4 is 20.0 Å². The lowest BCUT2D eigenvalue weighted by Gasteiger charge is -2.23. The molecule has 0 saturated carbocycles. The molecule has 0 atom stereocenters. The highest BCUT2D eigenvalue weighted by Crippen LogP contribution is 2.33. The number of hydrogen-bond acceptors (Lipinski definition) is 2. The summed E-state index contributed by atoms with van der Waals surface area (Å²) in [6.45, 7) is 11.5. The average Bonchev–Trinajstić information content (AvgIpc) is 3.32. The fraction of sp³-hybridized carbons (Fsp3) is 0.296. The van der Waals surface area contributed by atoms with E-state index in [1.807, 2.05) is 12.1 Å². The van der Waals surface area contributed by atoms with E-state index in [4.69, 9.17) is 4.42 Å². The predicted octanol–water partition coefficient (Wildman–Crippen LogP) is 4.49. The normalized spacial score (nSPS) is 13.6. The molecule has 0 radical (unpaired) electrons. The number of para-hydroxylation sites is 2. The van der Waals surface area contributed by atoms with E-state index in [1.165, 1.54) is 27.4 Å². The van der Waals surface area contributed by atoms with Crippen LogP contribution in [0.2, 0.25) is 6.82 Å². The maximum absolute atomic E-state index is 6.23. The van der Waals surface area contributed by atoms with Gasteiger partial charge < -0.3 is 4.42 Å². The highest BCUT2D eigenvalue weighted by molar-refractivity contribution is 6.77. The fourth-order valence-corrected chi connectivity index (χ4v) is 4.90. The van der Waals surface area contributed by atoms with E-state index in [1.54, 1.807) is 0 Å². The number of rotatable bonds is 4. The van der Waals surface area contributed by atoms with Crippen molar-refractivity contribution in [2.75, 3.05) is 4.81 Å². The van der Waals surface area contributed by atoms with Gasteiger partial charge in [0.25, 0.3) is 0 Å². The number of nitrogens with zero attached hydrogens (tertiary/aromatic N) is 3. The average molecular weight is 424 g/mol. The minimum Gasteiger partial charge on any atom is -0.453 e. The molecule has 3 heterocycles. The van der Waals surface area contributed by atoms with E-state index in [2.05, 4.69) is 110 Å². The summed E-state index contributed by atoms with van der Waals surface area (Å²) in [7, 11) is 2.12. The van der Waals surface area contributed by atoms with E-state index in [9.17, 15) is 0 Å². The molecule has 0 aliphatic carbocycles. The molecule has 32 heavy (non-hydrogen) atoms. The van der Waals surface area contributed by atoms with Crippen molar-refractivity contribution < 1.29 is 8.98 Å². The Kier molecular flexibility index (Phi) is 5.00. The monoisotopic (exact) mass is 424 g/mol. The van der Waals surface area contributed by atoms with E-state index < -0.39 is 0 Å². The number of fused-ring (bicyclic) bond motifs is 3. The van der Waals surface area contributed by atoms with Crippen molar-refractivity contribution >= 4 is 35.9 Å². The molecule has 0 N–H and O–H groups in total. The van der Waals surface area contributed by atoms with Gasteiger partial charge in [-0.3, -0.25) is 4.81 Å². The molecule has 2 aromatic heterocycles. The topological polar surface area (TPSA) is 25.2 Å². The van der Waals surface area contributed by atoms with Crippen LogP contribution in [-0.2, 0) is 7.05 Å². The highest BCUT2D eigenvalue weighted by Gasteiger charge is 2.33. The molecule has 0 saturated heterocycles. The number of furan rings is 1. The number of anilines is 1. The first-order chi connectivity index (χ1) is 15.4. The SMILES string of the molecule is CB1C=c2c(oc3ccccc23)=CN1c1n(-c2c(C(C)C)cccc2C(C)C)cc[n+]1C. The van der Waals surface area contributed by atoms with Crippen LogP contribution in [0, 0.1) is 0 Å². The van der Waals surface area contributed by atoms with Crippen molar-refractivity contribution in [2.45, 2.75) is 46.4 Å². The van der Waals surface area contributed by atoms with Crippen LogP contribution in [0.1, 0.15) is 50.7 Å². The summed E-state index contributed by atoms with van der Waals surface area (Å²) in [5.74, 6) is 4.30. The summed E-state index contributed by atoms with van der Waals surface area (Å²) in [5.41, 5.74) is 5.88. The Bertz CT molecular complexity index is 1400. The molecular weight excluding hydrogens is 393 g/mol. The Morgan fingerprint density at radius 3 is 2.31 bits per heavy atom. The molecule has 4 nitrogen and oxygen atoms in total. The van der Waals surface area contributed by atoms with Crippen LogP contribution in [0.4, 0.5) is 5.95 Å². The second-order valence-corrected chi connectivity index (χ2v) is 9.49. The molecule has 162 valence electrons.